The third kappa shape index (κ3) is 5.46. The lowest BCUT2D eigenvalue weighted by molar-refractivity contribution is 0.116. The topological polar surface area (TPSA) is 21.3 Å². The number of halogens is 2. The Labute approximate surface area is 129 Å². The smallest absolute Gasteiger partial charge is 0.130 e. The molecule has 2 aromatic rings. The second-order valence-electron chi connectivity index (χ2n) is 4.77. The molecule has 0 bridgehead atoms. The number of rotatable bonds is 8. The largest absolute Gasteiger partial charge is 0.377 e. The lowest BCUT2D eigenvalue weighted by atomic mass is 10.2. The fourth-order valence-electron chi connectivity index (χ4n) is 1.97. The monoisotopic (exact) mass is 307 g/mol. The highest BCUT2D eigenvalue weighted by Gasteiger charge is 2.06. The Morgan fingerprint density at radius 1 is 1.05 bits per heavy atom. The Morgan fingerprint density at radius 3 is 2.62 bits per heavy atom. The van der Waals surface area contributed by atoms with Gasteiger partial charge in [-0.15, -0.1) is 0 Å². The number of nitrogens with one attached hydrogen (secondary N) is 1. The molecule has 1 N–H and O–H groups in total. The highest BCUT2D eigenvalue weighted by Crippen LogP contribution is 2.19. The maximum absolute atomic E-state index is 13.5. The Morgan fingerprint density at radius 2 is 1.86 bits per heavy atom. The molecule has 21 heavy (non-hydrogen) atoms. The van der Waals surface area contributed by atoms with Gasteiger partial charge in [0.1, 0.15) is 5.82 Å². The molecule has 4 heteroatoms. The molecule has 0 heterocycles. The minimum absolute atomic E-state index is 0.212. The van der Waals surface area contributed by atoms with Gasteiger partial charge in [-0.1, -0.05) is 48.0 Å². The van der Waals surface area contributed by atoms with E-state index in [1.807, 2.05) is 18.2 Å². The molecule has 0 atom stereocenters. The molecule has 112 valence electrons. The molecule has 2 rings (SSSR count). The predicted molar refractivity (Wildman–Crippen MR) is 83.8 cm³/mol. The first-order valence-electron chi connectivity index (χ1n) is 7.02. The van der Waals surface area contributed by atoms with Crippen LogP contribution in [0.2, 0.25) is 5.02 Å². The zero-order valence-electron chi connectivity index (χ0n) is 11.8. The van der Waals surface area contributed by atoms with Crippen molar-refractivity contribution in [3.8, 4) is 0 Å². The van der Waals surface area contributed by atoms with Gasteiger partial charge in [-0.2, -0.15) is 0 Å². The first-order chi connectivity index (χ1) is 10.3. The van der Waals surface area contributed by atoms with Crippen LogP contribution in [0.1, 0.15) is 17.5 Å². The minimum Gasteiger partial charge on any atom is -0.377 e. The van der Waals surface area contributed by atoms with Crippen LogP contribution in [0.15, 0.2) is 48.5 Å². The minimum atomic E-state index is -0.315. The summed E-state index contributed by atoms with van der Waals surface area (Å²) in [5.74, 6) is -0.315. The molecule has 0 unspecified atom stereocenters. The Kier molecular flexibility index (Phi) is 6.67. The fourth-order valence-corrected chi connectivity index (χ4v) is 2.19. The number of hydrogen-bond donors (Lipinski definition) is 1. The summed E-state index contributed by atoms with van der Waals surface area (Å²) in [7, 11) is 0. The zero-order chi connectivity index (χ0) is 14.9. The molecule has 0 aromatic heterocycles. The van der Waals surface area contributed by atoms with Crippen molar-refractivity contribution in [3.05, 3.63) is 70.5 Å². The standard InChI is InChI=1S/C17H19ClFNO/c18-16-8-4-9-17(19)15(16)13-21-11-5-10-20-12-14-6-2-1-3-7-14/h1-4,6-9,20H,5,10-13H2. The second kappa shape index (κ2) is 8.78. The van der Waals surface area contributed by atoms with E-state index in [-0.39, 0.29) is 12.4 Å². The van der Waals surface area contributed by atoms with E-state index in [1.54, 1.807) is 12.1 Å². The van der Waals surface area contributed by atoms with Crippen LogP contribution in [0.5, 0.6) is 0 Å². The van der Waals surface area contributed by atoms with E-state index < -0.39 is 0 Å². The van der Waals surface area contributed by atoms with Crippen molar-refractivity contribution in [2.24, 2.45) is 0 Å². The fraction of sp³-hybridized carbons (Fsp3) is 0.294. The quantitative estimate of drug-likeness (QED) is 0.739. The van der Waals surface area contributed by atoms with E-state index in [2.05, 4.69) is 17.4 Å². The first-order valence-corrected chi connectivity index (χ1v) is 7.40. The van der Waals surface area contributed by atoms with Crippen LogP contribution in [0.3, 0.4) is 0 Å². The van der Waals surface area contributed by atoms with Crippen molar-refractivity contribution in [1.82, 2.24) is 5.32 Å². The molecular formula is C17H19ClFNO. The van der Waals surface area contributed by atoms with Gasteiger partial charge in [-0.25, -0.2) is 4.39 Å². The van der Waals surface area contributed by atoms with Gasteiger partial charge in [-0.3, -0.25) is 0 Å². The Bertz CT molecular complexity index is 527. The average molecular weight is 308 g/mol. The summed E-state index contributed by atoms with van der Waals surface area (Å²) in [5.41, 5.74) is 1.69. The molecule has 0 aliphatic rings. The number of benzene rings is 2. The molecule has 0 aliphatic carbocycles. The maximum atomic E-state index is 13.5. The molecule has 0 saturated heterocycles. The number of ether oxygens (including phenoxy) is 1. The maximum Gasteiger partial charge on any atom is 0.130 e. The van der Waals surface area contributed by atoms with Crippen molar-refractivity contribution >= 4 is 11.6 Å². The molecule has 0 saturated carbocycles. The summed E-state index contributed by atoms with van der Waals surface area (Å²) in [4.78, 5) is 0. The Hall–Kier alpha value is -1.42. The normalized spacial score (nSPS) is 10.8. The van der Waals surface area contributed by atoms with Crippen LogP contribution in [-0.2, 0) is 17.9 Å². The van der Waals surface area contributed by atoms with E-state index in [1.165, 1.54) is 11.6 Å². The molecule has 0 aliphatic heterocycles. The molecule has 0 amide bonds. The van der Waals surface area contributed by atoms with Crippen LogP contribution >= 0.6 is 11.6 Å². The van der Waals surface area contributed by atoms with Crippen molar-refractivity contribution in [3.63, 3.8) is 0 Å². The lowest BCUT2D eigenvalue weighted by Crippen LogP contribution is -2.16. The van der Waals surface area contributed by atoms with Crippen molar-refractivity contribution < 1.29 is 9.13 Å². The van der Waals surface area contributed by atoms with Crippen LogP contribution < -0.4 is 5.32 Å². The Balaban J connectivity index is 1.58. The molecular weight excluding hydrogens is 289 g/mol. The highest BCUT2D eigenvalue weighted by atomic mass is 35.5. The molecule has 2 nitrogen and oxygen atoms in total. The van der Waals surface area contributed by atoms with E-state index >= 15 is 0 Å². The van der Waals surface area contributed by atoms with Gasteiger partial charge < -0.3 is 10.1 Å². The third-order valence-corrected chi connectivity index (χ3v) is 3.48. The lowest BCUT2D eigenvalue weighted by Gasteiger charge is -2.08. The van der Waals surface area contributed by atoms with Gasteiger partial charge in [0.2, 0.25) is 0 Å². The van der Waals surface area contributed by atoms with Crippen molar-refractivity contribution in [2.75, 3.05) is 13.2 Å². The van der Waals surface area contributed by atoms with Gasteiger partial charge in [-0.05, 0) is 30.7 Å². The predicted octanol–water partition coefficient (Wildman–Crippen LogP) is 4.18. The molecule has 0 fully saturated rings. The first kappa shape index (κ1) is 16.0. The third-order valence-electron chi connectivity index (χ3n) is 3.12. The molecule has 0 spiro atoms. The van der Waals surface area contributed by atoms with Gasteiger partial charge in [0.15, 0.2) is 0 Å². The van der Waals surface area contributed by atoms with Crippen LogP contribution in [-0.4, -0.2) is 13.2 Å². The summed E-state index contributed by atoms with van der Waals surface area (Å²) >= 11 is 5.93. The summed E-state index contributed by atoms with van der Waals surface area (Å²) in [6, 6.07) is 14.9. The van der Waals surface area contributed by atoms with E-state index in [4.69, 9.17) is 16.3 Å². The van der Waals surface area contributed by atoms with Crippen LogP contribution in [0, 0.1) is 5.82 Å². The van der Waals surface area contributed by atoms with Gasteiger partial charge >= 0.3 is 0 Å². The van der Waals surface area contributed by atoms with Gasteiger partial charge in [0.25, 0.3) is 0 Å². The summed E-state index contributed by atoms with van der Waals surface area (Å²) < 4.78 is 19.0. The van der Waals surface area contributed by atoms with E-state index in [0.717, 1.165) is 19.5 Å². The average Bonchev–Trinajstić information content (AvgIpc) is 2.50. The second-order valence-corrected chi connectivity index (χ2v) is 5.18. The number of hydrogen-bond acceptors (Lipinski definition) is 2. The SMILES string of the molecule is Fc1cccc(Cl)c1COCCCNCc1ccccc1. The molecule has 2 aromatic carbocycles. The molecule has 0 radical (unpaired) electrons. The highest BCUT2D eigenvalue weighted by molar-refractivity contribution is 6.31. The summed E-state index contributed by atoms with van der Waals surface area (Å²) in [5, 5.41) is 3.76. The summed E-state index contributed by atoms with van der Waals surface area (Å²) in [6.07, 6.45) is 0.874. The van der Waals surface area contributed by atoms with Gasteiger partial charge in [0.05, 0.1) is 6.61 Å². The van der Waals surface area contributed by atoms with E-state index in [9.17, 15) is 4.39 Å². The van der Waals surface area contributed by atoms with E-state index in [0.29, 0.717) is 17.2 Å². The van der Waals surface area contributed by atoms with Crippen LogP contribution in [0.25, 0.3) is 0 Å². The van der Waals surface area contributed by atoms with Crippen molar-refractivity contribution in [1.29, 1.82) is 0 Å². The zero-order valence-corrected chi connectivity index (χ0v) is 12.6. The van der Waals surface area contributed by atoms with Gasteiger partial charge in [0, 0.05) is 23.7 Å². The van der Waals surface area contributed by atoms with Crippen molar-refractivity contribution in [2.45, 2.75) is 19.6 Å². The summed E-state index contributed by atoms with van der Waals surface area (Å²) in [6.45, 7) is 2.50. The van der Waals surface area contributed by atoms with Crippen LogP contribution in [0.4, 0.5) is 4.39 Å².